The number of non-ortho nitro benzene ring substituents is 1. The average molecular weight is 280 g/mol. The molecule has 0 bridgehead atoms. The van der Waals surface area contributed by atoms with Gasteiger partial charge < -0.3 is 4.74 Å². The van der Waals surface area contributed by atoms with Gasteiger partial charge >= 0.3 is 0 Å². The van der Waals surface area contributed by atoms with Gasteiger partial charge in [-0.3, -0.25) is 10.1 Å². The molecule has 104 valence electrons. The minimum Gasteiger partial charge on any atom is -0.462 e. The van der Waals surface area contributed by atoms with Crippen molar-refractivity contribution in [3.63, 3.8) is 0 Å². The van der Waals surface area contributed by atoms with E-state index in [1.54, 1.807) is 12.1 Å². The largest absolute Gasteiger partial charge is 0.462 e. The van der Waals surface area contributed by atoms with Gasteiger partial charge in [-0.1, -0.05) is 18.2 Å². The number of fused-ring (bicyclic) bond motifs is 2. The molecule has 21 heavy (non-hydrogen) atoms. The van der Waals surface area contributed by atoms with Gasteiger partial charge in [0.25, 0.3) is 5.69 Å². The monoisotopic (exact) mass is 280 g/mol. The van der Waals surface area contributed by atoms with E-state index in [4.69, 9.17) is 4.74 Å². The first-order valence-electron chi connectivity index (χ1n) is 6.79. The number of rotatable bonds is 1. The highest BCUT2D eigenvalue weighted by atomic mass is 16.6. The molecule has 0 fully saturated rings. The molecule has 2 aliphatic rings. The van der Waals surface area contributed by atoms with Crippen LogP contribution in [0.1, 0.15) is 12.0 Å². The second kappa shape index (κ2) is 4.15. The highest BCUT2D eigenvalue weighted by Gasteiger charge is 2.36. The van der Waals surface area contributed by atoms with E-state index in [1.807, 2.05) is 30.3 Å². The quantitative estimate of drug-likeness (QED) is 0.590. The number of para-hydroxylation sites is 1. The molecule has 0 aliphatic carbocycles. The molecule has 1 unspecified atom stereocenters. The summed E-state index contributed by atoms with van der Waals surface area (Å²) in [6, 6.07) is 12.6. The maximum absolute atomic E-state index is 10.8. The normalized spacial score (nSPS) is 21.7. The Kier molecular flexibility index (Phi) is 2.39. The predicted octanol–water partition coefficient (Wildman–Crippen LogP) is 1.73. The van der Waals surface area contributed by atoms with Crippen LogP contribution in [0.2, 0.25) is 0 Å². The van der Waals surface area contributed by atoms with E-state index in [9.17, 15) is 10.1 Å². The number of nitro groups is 1. The summed E-state index contributed by atoms with van der Waals surface area (Å²) in [5, 5.41) is 12.8. The molecule has 0 saturated carbocycles. The van der Waals surface area contributed by atoms with Crippen molar-refractivity contribution in [3.8, 4) is 5.75 Å². The molecule has 2 aromatic rings. The van der Waals surface area contributed by atoms with Crippen LogP contribution in [0.4, 0.5) is 5.69 Å². The number of benzene rings is 2. The summed E-state index contributed by atoms with van der Waals surface area (Å²) in [5.74, 6) is 0.680. The van der Waals surface area contributed by atoms with Gasteiger partial charge in [0.05, 0.1) is 10.3 Å². The molecule has 0 radical (unpaired) electrons. The van der Waals surface area contributed by atoms with Gasteiger partial charge in [0.15, 0.2) is 0 Å². The Morgan fingerprint density at radius 2 is 2.10 bits per heavy atom. The molecule has 4 rings (SSSR count). The Bertz CT molecular complexity index is 838. The molecule has 2 heterocycles. The molecule has 1 spiro atoms. The summed E-state index contributed by atoms with van der Waals surface area (Å²) >= 11 is 0. The van der Waals surface area contributed by atoms with Crippen LogP contribution in [-0.2, 0) is 6.42 Å². The Morgan fingerprint density at radius 3 is 2.90 bits per heavy atom. The lowest BCUT2D eigenvalue weighted by Gasteiger charge is -2.31. The molecule has 1 atom stereocenters. The molecular weight excluding hydrogens is 268 g/mol. The van der Waals surface area contributed by atoms with E-state index in [1.165, 1.54) is 6.07 Å². The summed E-state index contributed by atoms with van der Waals surface area (Å²) in [7, 11) is 0. The molecule has 5 heteroatoms. The minimum atomic E-state index is -0.660. The number of ether oxygens (including phenoxy) is 1. The van der Waals surface area contributed by atoms with Gasteiger partial charge in [-0.05, 0) is 24.6 Å². The van der Waals surface area contributed by atoms with Crippen LogP contribution >= 0.6 is 0 Å². The predicted molar refractivity (Wildman–Crippen MR) is 76.5 cm³/mol. The lowest BCUT2D eigenvalue weighted by Crippen LogP contribution is -2.34. The van der Waals surface area contributed by atoms with Gasteiger partial charge in [0.1, 0.15) is 5.75 Å². The van der Waals surface area contributed by atoms with Crippen molar-refractivity contribution >= 4 is 11.8 Å². The number of aryl methyl sites for hydroxylation is 1. The fraction of sp³-hybridized carbons (Fsp3) is 0.188. The highest BCUT2D eigenvalue weighted by Crippen LogP contribution is 2.37. The third-order valence-corrected chi connectivity index (χ3v) is 3.92. The molecular formula is C16H12N2O3. The first-order chi connectivity index (χ1) is 10.2. The van der Waals surface area contributed by atoms with Crippen molar-refractivity contribution in [2.24, 2.45) is 4.99 Å². The summed E-state index contributed by atoms with van der Waals surface area (Å²) in [6.07, 6.45) is 3.44. The fourth-order valence-electron chi connectivity index (χ4n) is 2.90. The van der Waals surface area contributed by atoms with Crippen LogP contribution < -0.4 is 15.3 Å². The molecule has 0 saturated heterocycles. The van der Waals surface area contributed by atoms with Crippen LogP contribution in [0, 0.1) is 10.1 Å². The second-order valence-electron chi connectivity index (χ2n) is 5.31. The lowest BCUT2D eigenvalue weighted by atomic mass is 9.97. The molecule has 0 amide bonds. The van der Waals surface area contributed by atoms with Crippen molar-refractivity contribution in [1.29, 1.82) is 0 Å². The fourth-order valence-corrected chi connectivity index (χ4v) is 2.90. The first kappa shape index (κ1) is 12.1. The Morgan fingerprint density at radius 1 is 1.24 bits per heavy atom. The van der Waals surface area contributed by atoms with Crippen molar-refractivity contribution in [1.82, 2.24) is 0 Å². The zero-order valence-corrected chi connectivity index (χ0v) is 11.2. The molecule has 0 aromatic heterocycles. The zero-order valence-electron chi connectivity index (χ0n) is 11.2. The van der Waals surface area contributed by atoms with Crippen LogP contribution in [0.15, 0.2) is 47.5 Å². The van der Waals surface area contributed by atoms with Gasteiger partial charge in [-0.2, -0.15) is 0 Å². The Balaban J connectivity index is 1.76. The standard InChI is InChI=1S/C16H12N2O3/c19-18(20)13-5-6-15-11(9-13)7-8-16(21-15)10-12-3-1-2-4-14(12)17-16/h1-6,9-10H,7-8H2. The summed E-state index contributed by atoms with van der Waals surface area (Å²) in [6.45, 7) is 0. The van der Waals surface area contributed by atoms with Crippen molar-refractivity contribution in [2.45, 2.75) is 18.6 Å². The van der Waals surface area contributed by atoms with E-state index < -0.39 is 5.72 Å². The van der Waals surface area contributed by atoms with Crippen molar-refractivity contribution in [2.75, 3.05) is 0 Å². The van der Waals surface area contributed by atoms with Gasteiger partial charge in [0.2, 0.25) is 5.72 Å². The van der Waals surface area contributed by atoms with Crippen LogP contribution in [0.25, 0.3) is 6.08 Å². The van der Waals surface area contributed by atoms with Crippen molar-refractivity contribution in [3.05, 3.63) is 68.7 Å². The van der Waals surface area contributed by atoms with Crippen LogP contribution in [0.5, 0.6) is 5.75 Å². The SMILES string of the molecule is O=[N+]([O-])c1ccc2c(c1)CCC1(C=c3ccccc3=N1)O2. The number of hydrogen-bond donors (Lipinski definition) is 0. The topological polar surface area (TPSA) is 64.7 Å². The van der Waals surface area contributed by atoms with Gasteiger partial charge in [-0.15, -0.1) is 0 Å². The summed E-state index contributed by atoms with van der Waals surface area (Å²) in [5.41, 5.74) is 0.311. The van der Waals surface area contributed by atoms with E-state index in [-0.39, 0.29) is 10.6 Å². The molecule has 2 aliphatic heterocycles. The smallest absolute Gasteiger partial charge is 0.269 e. The lowest BCUT2D eigenvalue weighted by molar-refractivity contribution is -0.385. The Hall–Kier alpha value is -2.69. The first-order valence-corrected chi connectivity index (χ1v) is 6.79. The second-order valence-corrected chi connectivity index (χ2v) is 5.31. The maximum Gasteiger partial charge on any atom is 0.269 e. The number of nitro benzene ring substituents is 1. The van der Waals surface area contributed by atoms with Crippen LogP contribution in [-0.4, -0.2) is 10.6 Å². The van der Waals surface area contributed by atoms with Crippen molar-refractivity contribution < 1.29 is 9.66 Å². The Labute approximate surface area is 120 Å². The van der Waals surface area contributed by atoms with E-state index in [0.29, 0.717) is 18.6 Å². The van der Waals surface area contributed by atoms with E-state index in [2.05, 4.69) is 4.99 Å². The molecule has 2 aromatic carbocycles. The molecule has 0 N–H and O–H groups in total. The number of nitrogens with zero attached hydrogens (tertiary/aromatic N) is 2. The maximum atomic E-state index is 10.8. The summed E-state index contributed by atoms with van der Waals surface area (Å²) < 4.78 is 6.05. The van der Waals surface area contributed by atoms with Gasteiger partial charge in [-0.25, -0.2) is 4.99 Å². The van der Waals surface area contributed by atoms with Gasteiger partial charge in [0, 0.05) is 29.3 Å². The van der Waals surface area contributed by atoms with E-state index >= 15 is 0 Å². The van der Waals surface area contributed by atoms with E-state index in [0.717, 1.165) is 16.1 Å². The highest BCUT2D eigenvalue weighted by molar-refractivity contribution is 5.49. The number of hydrogen-bond acceptors (Lipinski definition) is 4. The third kappa shape index (κ3) is 1.89. The summed E-state index contributed by atoms with van der Waals surface area (Å²) in [4.78, 5) is 15.1. The molecule has 5 nitrogen and oxygen atoms in total. The minimum absolute atomic E-state index is 0.101. The average Bonchev–Trinajstić information content (AvgIpc) is 2.84. The zero-order chi connectivity index (χ0) is 14.4. The van der Waals surface area contributed by atoms with Crippen LogP contribution in [0.3, 0.4) is 0 Å². The third-order valence-electron chi connectivity index (χ3n) is 3.92.